The highest BCUT2D eigenvalue weighted by molar-refractivity contribution is 7.98. The second-order valence-corrected chi connectivity index (χ2v) is 4.77. The van der Waals surface area contributed by atoms with Gasteiger partial charge in [-0.05, 0) is 31.8 Å². The molecule has 0 radical (unpaired) electrons. The Bertz CT molecular complexity index is 324. The second kappa shape index (κ2) is 6.49. The fourth-order valence-corrected chi connectivity index (χ4v) is 2.18. The first-order chi connectivity index (χ1) is 7.22. The van der Waals surface area contributed by atoms with Crippen molar-refractivity contribution < 1.29 is 0 Å². The third-order valence-electron chi connectivity index (χ3n) is 2.03. The number of nitriles is 1. The van der Waals surface area contributed by atoms with Gasteiger partial charge in [-0.2, -0.15) is 17.0 Å². The van der Waals surface area contributed by atoms with Crippen LogP contribution in [-0.4, -0.2) is 31.3 Å². The summed E-state index contributed by atoms with van der Waals surface area (Å²) < 4.78 is 0. The van der Waals surface area contributed by atoms with Crippen LogP contribution in [-0.2, 0) is 5.75 Å². The summed E-state index contributed by atoms with van der Waals surface area (Å²) in [6, 6.07) is 9.93. The summed E-state index contributed by atoms with van der Waals surface area (Å²) in [5.74, 6) is 2.17. The summed E-state index contributed by atoms with van der Waals surface area (Å²) in [5, 5.41) is 8.64. The maximum absolute atomic E-state index is 8.64. The van der Waals surface area contributed by atoms with Gasteiger partial charge in [0.2, 0.25) is 0 Å². The van der Waals surface area contributed by atoms with E-state index in [1.807, 2.05) is 36.0 Å². The summed E-state index contributed by atoms with van der Waals surface area (Å²) in [6.45, 7) is 1.11. The Morgan fingerprint density at radius 2 is 1.93 bits per heavy atom. The van der Waals surface area contributed by atoms with Crippen LogP contribution in [0.5, 0.6) is 0 Å². The Kier molecular flexibility index (Phi) is 5.23. The molecule has 0 fully saturated rings. The van der Waals surface area contributed by atoms with E-state index >= 15 is 0 Å². The van der Waals surface area contributed by atoms with Crippen LogP contribution in [0.25, 0.3) is 0 Å². The molecule has 0 bridgehead atoms. The van der Waals surface area contributed by atoms with Gasteiger partial charge < -0.3 is 4.90 Å². The van der Waals surface area contributed by atoms with Crippen molar-refractivity contribution in [3.05, 3.63) is 35.4 Å². The van der Waals surface area contributed by atoms with Crippen LogP contribution in [0.15, 0.2) is 24.3 Å². The van der Waals surface area contributed by atoms with E-state index in [2.05, 4.69) is 25.1 Å². The van der Waals surface area contributed by atoms with E-state index in [-0.39, 0.29) is 0 Å². The zero-order chi connectivity index (χ0) is 11.1. The first-order valence-corrected chi connectivity index (χ1v) is 6.09. The summed E-state index contributed by atoms with van der Waals surface area (Å²) in [6.07, 6.45) is 0. The number of rotatable bonds is 5. The van der Waals surface area contributed by atoms with Crippen molar-refractivity contribution in [1.29, 1.82) is 5.26 Å². The predicted molar refractivity (Wildman–Crippen MR) is 65.9 cm³/mol. The van der Waals surface area contributed by atoms with Crippen LogP contribution in [0, 0.1) is 11.3 Å². The van der Waals surface area contributed by atoms with Crippen LogP contribution in [0.2, 0.25) is 0 Å². The lowest BCUT2D eigenvalue weighted by molar-refractivity contribution is 0.437. The lowest BCUT2D eigenvalue weighted by atomic mass is 10.2. The molecule has 0 saturated carbocycles. The minimum atomic E-state index is 0.733. The molecule has 0 aromatic heterocycles. The Balaban J connectivity index is 2.29. The van der Waals surface area contributed by atoms with E-state index in [9.17, 15) is 0 Å². The number of thioether (sulfide) groups is 1. The molecule has 0 amide bonds. The fourth-order valence-electron chi connectivity index (χ4n) is 1.11. The van der Waals surface area contributed by atoms with Crippen molar-refractivity contribution >= 4 is 11.8 Å². The van der Waals surface area contributed by atoms with Crippen molar-refractivity contribution in [3.63, 3.8) is 0 Å². The molecule has 1 rings (SSSR count). The highest BCUT2D eigenvalue weighted by Crippen LogP contribution is 2.12. The molecule has 0 aliphatic rings. The number of nitrogens with zero attached hydrogens (tertiary/aromatic N) is 2. The predicted octanol–water partition coefficient (Wildman–Crippen LogP) is 2.35. The Hall–Kier alpha value is -0.980. The highest BCUT2D eigenvalue weighted by atomic mass is 32.2. The molecule has 15 heavy (non-hydrogen) atoms. The molecule has 0 saturated heterocycles. The molecule has 1 aromatic rings. The molecular formula is C12H16N2S. The summed E-state index contributed by atoms with van der Waals surface area (Å²) in [4.78, 5) is 2.19. The van der Waals surface area contributed by atoms with Crippen LogP contribution in [0.3, 0.4) is 0 Å². The summed E-state index contributed by atoms with van der Waals surface area (Å²) in [7, 11) is 4.17. The zero-order valence-corrected chi connectivity index (χ0v) is 10.0. The minimum absolute atomic E-state index is 0.733. The molecule has 0 aliphatic heterocycles. The highest BCUT2D eigenvalue weighted by Gasteiger charge is 1.95. The maximum atomic E-state index is 8.64. The topological polar surface area (TPSA) is 27.0 Å². The normalized spacial score (nSPS) is 10.3. The molecular weight excluding hydrogens is 204 g/mol. The van der Waals surface area contributed by atoms with Crippen LogP contribution in [0.4, 0.5) is 0 Å². The van der Waals surface area contributed by atoms with Gasteiger partial charge in [-0.25, -0.2) is 0 Å². The van der Waals surface area contributed by atoms with Crippen molar-refractivity contribution in [3.8, 4) is 6.07 Å². The molecule has 0 unspecified atom stereocenters. The number of benzene rings is 1. The van der Waals surface area contributed by atoms with E-state index in [0.717, 1.165) is 23.6 Å². The molecule has 1 aromatic carbocycles. The first-order valence-electron chi connectivity index (χ1n) is 4.94. The molecule has 0 spiro atoms. The smallest absolute Gasteiger partial charge is 0.0991 e. The Morgan fingerprint density at radius 1 is 1.27 bits per heavy atom. The average Bonchev–Trinajstić information content (AvgIpc) is 2.25. The van der Waals surface area contributed by atoms with Gasteiger partial charge in [0.25, 0.3) is 0 Å². The Labute approximate surface area is 95.9 Å². The minimum Gasteiger partial charge on any atom is -0.309 e. The molecule has 0 atom stereocenters. The van der Waals surface area contributed by atoms with Gasteiger partial charge in [0.15, 0.2) is 0 Å². The van der Waals surface area contributed by atoms with E-state index in [0.29, 0.717) is 0 Å². The lowest BCUT2D eigenvalue weighted by Crippen LogP contribution is -2.14. The van der Waals surface area contributed by atoms with Gasteiger partial charge >= 0.3 is 0 Å². The molecule has 0 aliphatic carbocycles. The van der Waals surface area contributed by atoms with E-state index in [4.69, 9.17) is 5.26 Å². The van der Waals surface area contributed by atoms with Crippen molar-refractivity contribution in [1.82, 2.24) is 4.90 Å². The standard InChI is InChI=1S/C12H16N2S/c1-14(2)7-8-15-10-12-5-3-11(9-13)4-6-12/h3-6H,7-8,10H2,1-2H3. The van der Waals surface area contributed by atoms with Crippen molar-refractivity contribution in [2.45, 2.75) is 5.75 Å². The SMILES string of the molecule is CN(C)CCSCc1ccc(C#N)cc1. The molecule has 3 heteroatoms. The van der Waals surface area contributed by atoms with Gasteiger partial charge in [-0.3, -0.25) is 0 Å². The van der Waals surface area contributed by atoms with E-state index in [1.54, 1.807) is 0 Å². The van der Waals surface area contributed by atoms with Gasteiger partial charge in [-0.15, -0.1) is 0 Å². The zero-order valence-electron chi connectivity index (χ0n) is 9.23. The van der Waals surface area contributed by atoms with Gasteiger partial charge in [-0.1, -0.05) is 12.1 Å². The second-order valence-electron chi connectivity index (χ2n) is 3.66. The van der Waals surface area contributed by atoms with E-state index in [1.165, 1.54) is 5.56 Å². The largest absolute Gasteiger partial charge is 0.309 e. The van der Waals surface area contributed by atoms with Gasteiger partial charge in [0, 0.05) is 18.1 Å². The summed E-state index contributed by atoms with van der Waals surface area (Å²) >= 11 is 1.92. The molecule has 0 N–H and O–H groups in total. The first kappa shape index (κ1) is 12.1. The lowest BCUT2D eigenvalue weighted by Gasteiger charge is -2.08. The number of hydrogen-bond donors (Lipinski definition) is 0. The average molecular weight is 220 g/mol. The maximum Gasteiger partial charge on any atom is 0.0991 e. The molecule has 0 heterocycles. The van der Waals surface area contributed by atoms with Crippen molar-refractivity contribution in [2.75, 3.05) is 26.4 Å². The van der Waals surface area contributed by atoms with Gasteiger partial charge in [0.05, 0.1) is 11.6 Å². The Morgan fingerprint density at radius 3 is 2.47 bits per heavy atom. The van der Waals surface area contributed by atoms with E-state index < -0.39 is 0 Å². The quantitative estimate of drug-likeness (QED) is 0.713. The van der Waals surface area contributed by atoms with Crippen LogP contribution in [0.1, 0.15) is 11.1 Å². The summed E-state index contributed by atoms with van der Waals surface area (Å²) in [5.41, 5.74) is 2.02. The third-order valence-corrected chi connectivity index (χ3v) is 3.04. The van der Waals surface area contributed by atoms with Gasteiger partial charge in [0.1, 0.15) is 0 Å². The van der Waals surface area contributed by atoms with Crippen LogP contribution >= 0.6 is 11.8 Å². The van der Waals surface area contributed by atoms with Crippen molar-refractivity contribution in [2.24, 2.45) is 0 Å². The fraction of sp³-hybridized carbons (Fsp3) is 0.417. The molecule has 80 valence electrons. The molecule has 2 nitrogen and oxygen atoms in total. The monoisotopic (exact) mass is 220 g/mol. The third kappa shape index (κ3) is 4.87. The number of hydrogen-bond acceptors (Lipinski definition) is 3. The van der Waals surface area contributed by atoms with Crippen LogP contribution < -0.4 is 0 Å².